The Morgan fingerprint density at radius 1 is 1.24 bits per heavy atom. The van der Waals surface area contributed by atoms with Gasteiger partial charge in [-0.1, -0.05) is 6.07 Å². The maximum atomic E-state index is 13.2. The number of amides is 1. The molecule has 1 amide bonds. The minimum absolute atomic E-state index is 0.0794. The number of hydrogen-bond acceptors (Lipinski definition) is 4. The van der Waals surface area contributed by atoms with E-state index in [4.69, 9.17) is 4.74 Å². The van der Waals surface area contributed by atoms with E-state index in [9.17, 15) is 17.6 Å². The number of nitrogens with one attached hydrogen (secondary N) is 1. The Labute approximate surface area is 145 Å². The zero-order chi connectivity index (χ0) is 18.0. The molecule has 0 atom stereocenters. The fraction of sp³-hybridized carbons (Fsp3) is 0.235. The zero-order valence-electron chi connectivity index (χ0n) is 13.5. The van der Waals surface area contributed by atoms with Crippen LogP contribution in [0.2, 0.25) is 0 Å². The van der Waals surface area contributed by atoms with Gasteiger partial charge in [-0.2, -0.15) is 0 Å². The molecule has 1 N–H and O–H groups in total. The molecule has 3 rings (SSSR count). The van der Waals surface area contributed by atoms with E-state index in [1.54, 1.807) is 18.2 Å². The number of benzene rings is 2. The lowest BCUT2D eigenvalue weighted by Crippen LogP contribution is -2.25. The molecule has 0 radical (unpaired) electrons. The summed E-state index contributed by atoms with van der Waals surface area (Å²) in [6.07, 6.45) is 0.533. The Morgan fingerprint density at radius 2 is 2.04 bits per heavy atom. The van der Waals surface area contributed by atoms with Gasteiger partial charge in [-0.15, -0.1) is 0 Å². The molecular formula is C17H17FN2O4S. The van der Waals surface area contributed by atoms with Gasteiger partial charge in [0.05, 0.1) is 18.6 Å². The van der Waals surface area contributed by atoms with Crippen LogP contribution < -0.4 is 14.4 Å². The third-order valence-electron chi connectivity index (χ3n) is 3.89. The van der Waals surface area contributed by atoms with Crippen molar-refractivity contribution in [3.63, 3.8) is 0 Å². The van der Waals surface area contributed by atoms with Gasteiger partial charge in [0.2, 0.25) is 10.0 Å². The summed E-state index contributed by atoms with van der Waals surface area (Å²) < 4.78 is 44.1. The number of sulfonamides is 1. The van der Waals surface area contributed by atoms with Crippen molar-refractivity contribution in [3.8, 4) is 5.75 Å². The van der Waals surface area contributed by atoms with Gasteiger partial charge < -0.3 is 10.1 Å². The van der Waals surface area contributed by atoms with Gasteiger partial charge in [0.15, 0.2) is 0 Å². The van der Waals surface area contributed by atoms with Gasteiger partial charge in [-0.3, -0.25) is 9.10 Å². The van der Waals surface area contributed by atoms with E-state index in [-0.39, 0.29) is 11.3 Å². The van der Waals surface area contributed by atoms with Crippen LogP contribution in [0.25, 0.3) is 0 Å². The van der Waals surface area contributed by atoms with Crippen LogP contribution in [-0.2, 0) is 10.0 Å². The summed E-state index contributed by atoms with van der Waals surface area (Å²) in [5.41, 5.74) is 0.940. The number of hydrogen-bond donors (Lipinski definition) is 1. The van der Waals surface area contributed by atoms with E-state index in [1.165, 1.54) is 29.6 Å². The molecule has 0 aliphatic carbocycles. The van der Waals surface area contributed by atoms with Crippen molar-refractivity contribution in [1.82, 2.24) is 0 Å². The predicted octanol–water partition coefficient (Wildman–Crippen LogP) is 2.63. The highest BCUT2D eigenvalue weighted by molar-refractivity contribution is 7.93. The van der Waals surface area contributed by atoms with Gasteiger partial charge in [-0.05, 0) is 42.8 Å². The smallest absolute Gasteiger partial charge is 0.255 e. The maximum absolute atomic E-state index is 13.2. The third kappa shape index (κ3) is 3.58. The first kappa shape index (κ1) is 17.2. The standard InChI is InChI=1S/C17H17FN2O4S/c1-24-16-7-6-14(11-15(16)20-8-3-9-25(20,22)23)19-17(21)12-4-2-5-13(18)10-12/h2,4-7,10-11H,3,8-9H2,1H3,(H,19,21). The van der Waals surface area contributed by atoms with Crippen LogP contribution in [0, 0.1) is 5.82 Å². The number of carbonyl (C=O) groups excluding carboxylic acids is 1. The molecule has 1 aliphatic rings. The van der Waals surface area contributed by atoms with Crippen molar-refractivity contribution in [3.05, 3.63) is 53.8 Å². The minimum Gasteiger partial charge on any atom is -0.495 e. The second-order valence-electron chi connectivity index (χ2n) is 5.59. The van der Waals surface area contributed by atoms with Crippen LogP contribution in [0.4, 0.5) is 15.8 Å². The maximum Gasteiger partial charge on any atom is 0.255 e. The van der Waals surface area contributed by atoms with Crippen molar-refractivity contribution in [1.29, 1.82) is 0 Å². The number of methoxy groups -OCH3 is 1. The van der Waals surface area contributed by atoms with Crippen LogP contribution in [0.1, 0.15) is 16.8 Å². The number of ether oxygens (including phenoxy) is 1. The van der Waals surface area contributed by atoms with E-state index in [0.717, 1.165) is 6.07 Å². The summed E-state index contributed by atoms with van der Waals surface area (Å²) >= 11 is 0. The second-order valence-corrected chi connectivity index (χ2v) is 7.61. The number of carbonyl (C=O) groups is 1. The lowest BCUT2D eigenvalue weighted by Gasteiger charge is -2.20. The molecule has 1 fully saturated rings. The van der Waals surface area contributed by atoms with Crippen molar-refractivity contribution in [2.24, 2.45) is 0 Å². The summed E-state index contributed by atoms with van der Waals surface area (Å²) in [4.78, 5) is 12.2. The first-order valence-electron chi connectivity index (χ1n) is 7.66. The molecule has 1 aliphatic heterocycles. The SMILES string of the molecule is COc1ccc(NC(=O)c2cccc(F)c2)cc1N1CCCS1(=O)=O. The number of anilines is 2. The first-order valence-corrected chi connectivity index (χ1v) is 9.27. The lowest BCUT2D eigenvalue weighted by atomic mass is 10.2. The highest BCUT2D eigenvalue weighted by atomic mass is 32.2. The van der Waals surface area contributed by atoms with Gasteiger partial charge in [0.25, 0.3) is 5.91 Å². The van der Waals surface area contributed by atoms with Crippen molar-refractivity contribution < 1.29 is 22.3 Å². The molecule has 0 saturated carbocycles. The Bertz CT molecular complexity index is 915. The molecule has 2 aromatic rings. The Kier molecular flexibility index (Phi) is 4.63. The molecule has 0 bridgehead atoms. The molecule has 8 heteroatoms. The van der Waals surface area contributed by atoms with Crippen molar-refractivity contribution in [2.75, 3.05) is 29.0 Å². The van der Waals surface area contributed by atoms with E-state index < -0.39 is 21.7 Å². The molecule has 6 nitrogen and oxygen atoms in total. The normalized spacial score (nSPS) is 15.8. The molecule has 2 aromatic carbocycles. The van der Waals surface area contributed by atoms with E-state index in [1.807, 2.05) is 0 Å². The number of nitrogens with zero attached hydrogens (tertiary/aromatic N) is 1. The molecule has 0 aromatic heterocycles. The Balaban J connectivity index is 1.91. The van der Waals surface area contributed by atoms with Gasteiger partial charge in [0, 0.05) is 17.8 Å². The van der Waals surface area contributed by atoms with Gasteiger partial charge >= 0.3 is 0 Å². The topological polar surface area (TPSA) is 75.7 Å². The molecule has 132 valence electrons. The highest BCUT2D eigenvalue weighted by Gasteiger charge is 2.30. The van der Waals surface area contributed by atoms with E-state index in [2.05, 4.69) is 5.32 Å². The molecule has 1 saturated heterocycles. The average molecular weight is 364 g/mol. The van der Waals surface area contributed by atoms with Crippen LogP contribution in [0.15, 0.2) is 42.5 Å². The van der Waals surface area contributed by atoms with E-state index in [0.29, 0.717) is 30.1 Å². The largest absolute Gasteiger partial charge is 0.495 e. The Hall–Kier alpha value is -2.61. The molecule has 1 heterocycles. The summed E-state index contributed by atoms with van der Waals surface area (Å²) in [5.74, 6) is -0.517. The predicted molar refractivity (Wildman–Crippen MR) is 93.1 cm³/mol. The first-order chi connectivity index (χ1) is 11.9. The van der Waals surface area contributed by atoms with Crippen LogP contribution >= 0.6 is 0 Å². The summed E-state index contributed by atoms with van der Waals surface area (Å²) in [7, 11) is -1.93. The number of halogens is 1. The van der Waals surface area contributed by atoms with E-state index >= 15 is 0 Å². The summed E-state index contributed by atoms with van der Waals surface area (Å²) in [5, 5.41) is 2.65. The van der Waals surface area contributed by atoms with Gasteiger partial charge in [-0.25, -0.2) is 12.8 Å². The second kappa shape index (κ2) is 6.72. The minimum atomic E-state index is -3.38. The van der Waals surface area contributed by atoms with Crippen molar-refractivity contribution in [2.45, 2.75) is 6.42 Å². The summed E-state index contributed by atoms with van der Waals surface area (Å²) in [6.45, 7) is 0.361. The fourth-order valence-electron chi connectivity index (χ4n) is 2.71. The number of rotatable bonds is 4. The van der Waals surface area contributed by atoms with Crippen LogP contribution in [0.5, 0.6) is 5.75 Å². The zero-order valence-corrected chi connectivity index (χ0v) is 14.3. The quantitative estimate of drug-likeness (QED) is 0.905. The third-order valence-corrected chi connectivity index (χ3v) is 5.75. The van der Waals surface area contributed by atoms with Gasteiger partial charge in [0.1, 0.15) is 11.6 Å². The Morgan fingerprint density at radius 3 is 2.68 bits per heavy atom. The molecule has 0 spiro atoms. The lowest BCUT2D eigenvalue weighted by molar-refractivity contribution is 0.102. The fourth-order valence-corrected chi connectivity index (χ4v) is 4.27. The molecular weight excluding hydrogens is 347 g/mol. The molecule has 0 unspecified atom stereocenters. The van der Waals surface area contributed by atoms with Crippen molar-refractivity contribution >= 4 is 27.3 Å². The van der Waals surface area contributed by atoms with Crippen LogP contribution in [-0.4, -0.2) is 33.7 Å². The summed E-state index contributed by atoms with van der Waals surface area (Å²) in [6, 6.07) is 10.0. The average Bonchev–Trinajstić information content (AvgIpc) is 2.94. The monoisotopic (exact) mass is 364 g/mol. The molecule has 25 heavy (non-hydrogen) atoms. The highest BCUT2D eigenvalue weighted by Crippen LogP contribution is 2.35. The van der Waals surface area contributed by atoms with Crippen LogP contribution in [0.3, 0.4) is 0 Å².